The van der Waals surface area contributed by atoms with Crippen molar-refractivity contribution in [3.8, 4) is 0 Å². The average Bonchev–Trinajstić information content (AvgIpc) is 2.17. The van der Waals surface area contributed by atoms with Crippen LogP contribution in [0.25, 0.3) is 0 Å². The largest absolute Gasteiger partial charge is 0.480 e. The van der Waals surface area contributed by atoms with Crippen molar-refractivity contribution in [2.75, 3.05) is 12.3 Å². The van der Waals surface area contributed by atoms with E-state index in [9.17, 15) is 4.79 Å². The van der Waals surface area contributed by atoms with E-state index >= 15 is 0 Å². The molecule has 0 fully saturated rings. The molecule has 5 nitrogen and oxygen atoms in total. The summed E-state index contributed by atoms with van der Waals surface area (Å²) >= 11 is 1.53. The van der Waals surface area contributed by atoms with E-state index in [-0.39, 0.29) is 5.25 Å². The summed E-state index contributed by atoms with van der Waals surface area (Å²) in [7, 11) is 0. The molecule has 0 aliphatic rings. The molecule has 0 saturated heterocycles. The van der Waals surface area contributed by atoms with Gasteiger partial charge in [-0.3, -0.25) is 10.2 Å². The van der Waals surface area contributed by atoms with Crippen molar-refractivity contribution in [2.24, 2.45) is 5.73 Å². The first-order valence-electron chi connectivity index (χ1n) is 5.22. The summed E-state index contributed by atoms with van der Waals surface area (Å²) in [6, 6.07) is 0. The number of amidine groups is 1. The molecule has 0 amide bonds. The standard InChI is InChI=1S/C10H21N3O2S/c1-4-8(5-13-7(2)11)16-6-10(3,12)9(14)15/h8H,4-6,12H2,1-3H3,(H2,11,13)(H,14,15)/t8?,10-/m0/s1. The van der Waals surface area contributed by atoms with Crippen LogP contribution in [-0.4, -0.2) is 40.0 Å². The number of nitrogens with one attached hydrogen (secondary N) is 2. The van der Waals surface area contributed by atoms with Gasteiger partial charge in [0.05, 0.1) is 5.84 Å². The molecule has 0 saturated carbocycles. The Morgan fingerprint density at radius 3 is 2.62 bits per heavy atom. The number of nitrogens with two attached hydrogens (primary N) is 1. The Hall–Kier alpha value is -0.750. The molecule has 0 aromatic rings. The fraction of sp³-hybridized carbons (Fsp3) is 0.800. The van der Waals surface area contributed by atoms with Crippen molar-refractivity contribution in [2.45, 2.75) is 38.0 Å². The summed E-state index contributed by atoms with van der Waals surface area (Å²) < 4.78 is 0. The lowest BCUT2D eigenvalue weighted by molar-refractivity contribution is -0.141. The van der Waals surface area contributed by atoms with Crippen LogP contribution in [0.5, 0.6) is 0 Å². The first kappa shape index (κ1) is 15.2. The zero-order chi connectivity index (χ0) is 12.8. The van der Waals surface area contributed by atoms with Crippen molar-refractivity contribution in [1.82, 2.24) is 5.32 Å². The van der Waals surface area contributed by atoms with Gasteiger partial charge in [-0.2, -0.15) is 11.8 Å². The molecule has 0 rings (SSSR count). The molecule has 0 aromatic carbocycles. The van der Waals surface area contributed by atoms with E-state index in [4.69, 9.17) is 16.2 Å². The van der Waals surface area contributed by atoms with Crippen molar-refractivity contribution in [3.05, 3.63) is 0 Å². The normalized spacial score (nSPS) is 16.2. The van der Waals surface area contributed by atoms with Gasteiger partial charge < -0.3 is 16.2 Å². The Morgan fingerprint density at radius 1 is 1.69 bits per heavy atom. The highest BCUT2D eigenvalue weighted by molar-refractivity contribution is 8.00. The Kier molecular flexibility index (Phi) is 6.43. The van der Waals surface area contributed by atoms with Crippen LogP contribution < -0.4 is 11.1 Å². The lowest BCUT2D eigenvalue weighted by Gasteiger charge is -2.22. The Morgan fingerprint density at radius 2 is 2.25 bits per heavy atom. The van der Waals surface area contributed by atoms with E-state index in [0.717, 1.165) is 6.42 Å². The highest BCUT2D eigenvalue weighted by Gasteiger charge is 2.28. The average molecular weight is 247 g/mol. The Labute approximate surface area is 101 Å². The SMILES string of the molecule is CCC(CNC(C)=N)SC[C@](C)(N)C(=O)O. The zero-order valence-corrected chi connectivity index (χ0v) is 10.9. The maximum Gasteiger partial charge on any atom is 0.324 e. The van der Waals surface area contributed by atoms with Crippen LogP contribution in [-0.2, 0) is 4.79 Å². The zero-order valence-electron chi connectivity index (χ0n) is 10.0. The predicted octanol–water partition coefficient (Wildman–Crippen LogP) is 0.887. The summed E-state index contributed by atoms with van der Waals surface area (Å²) in [6.45, 7) is 5.91. The van der Waals surface area contributed by atoms with E-state index in [1.165, 1.54) is 18.7 Å². The predicted molar refractivity (Wildman–Crippen MR) is 68.2 cm³/mol. The molecular weight excluding hydrogens is 226 g/mol. The fourth-order valence-corrected chi connectivity index (χ4v) is 2.08. The third kappa shape index (κ3) is 5.97. The van der Waals surface area contributed by atoms with Gasteiger partial charge in [0.15, 0.2) is 0 Å². The third-order valence-electron chi connectivity index (χ3n) is 2.16. The Balaban J connectivity index is 4.04. The van der Waals surface area contributed by atoms with Gasteiger partial charge in [-0.25, -0.2) is 0 Å². The van der Waals surface area contributed by atoms with Gasteiger partial charge in [-0.05, 0) is 20.3 Å². The molecule has 16 heavy (non-hydrogen) atoms. The first-order chi connectivity index (χ1) is 7.29. The third-order valence-corrected chi connectivity index (χ3v) is 3.90. The summed E-state index contributed by atoms with van der Waals surface area (Å²) in [5.74, 6) is -0.182. The molecule has 0 heterocycles. The van der Waals surface area contributed by atoms with E-state index in [1.807, 2.05) is 6.92 Å². The van der Waals surface area contributed by atoms with E-state index in [1.54, 1.807) is 6.92 Å². The van der Waals surface area contributed by atoms with Gasteiger partial charge in [0.25, 0.3) is 0 Å². The van der Waals surface area contributed by atoms with Crippen LogP contribution in [0.2, 0.25) is 0 Å². The van der Waals surface area contributed by atoms with Crippen LogP contribution in [0.1, 0.15) is 27.2 Å². The molecule has 0 spiro atoms. The summed E-state index contributed by atoms with van der Waals surface area (Å²) in [5, 5.41) is 19.3. The minimum Gasteiger partial charge on any atom is -0.480 e. The maximum atomic E-state index is 10.8. The fourth-order valence-electron chi connectivity index (χ4n) is 0.941. The molecule has 6 heteroatoms. The van der Waals surface area contributed by atoms with Crippen LogP contribution in [0, 0.1) is 5.41 Å². The second-order valence-corrected chi connectivity index (χ2v) is 5.36. The molecule has 0 bridgehead atoms. The minimum absolute atomic E-state index is 0.280. The van der Waals surface area contributed by atoms with Gasteiger partial charge in [-0.15, -0.1) is 0 Å². The molecule has 1 unspecified atom stereocenters. The van der Waals surface area contributed by atoms with E-state index in [0.29, 0.717) is 18.1 Å². The highest BCUT2D eigenvalue weighted by atomic mass is 32.2. The summed E-state index contributed by atoms with van der Waals surface area (Å²) in [6.07, 6.45) is 0.917. The molecule has 0 aliphatic heterocycles. The number of hydrogen-bond acceptors (Lipinski definition) is 4. The first-order valence-corrected chi connectivity index (χ1v) is 6.27. The molecule has 0 radical (unpaired) electrons. The van der Waals surface area contributed by atoms with Crippen molar-refractivity contribution in [1.29, 1.82) is 5.41 Å². The van der Waals surface area contributed by atoms with Gasteiger partial charge in [0.2, 0.25) is 0 Å². The van der Waals surface area contributed by atoms with Gasteiger partial charge in [-0.1, -0.05) is 6.92 Å². The number of carbonyl (C=O) groups is 1. The summed E-state index contributed by atoms with van der Waals surface area (Å²) in [4.78, 5) is 10.8. The van der Waals surface area contributed by atoms with Crippen molar-refractivity contribution < 1.29 is 9.90 Å². The smallest absolute Gasteiger partial charge is 0.324 e. The molecule has 94 valence electrons. The molecule has 0 aromatic heterocycles. The topological polar surface area (TPSA) is 99.2 Å². The van der Waals surface area contributed by atoms with Crippen LogP contribution in [0.4, 0.5) is 0 Å². The maximum absolute atomic E-state index is 10.8. The molecular formula is C10H21N3O2S. The molecule has 5 N–H and O–H groups in total. The second-order valence-electron chi connectivity index (χ2n) is 4.07. The number of hydrogen-bond donors (Lipinski definition) is 4. The number of aliphatic carboxylic acids is 1. The summed E-state index contributed by atoms with van der Waals surface area (Å²) in [5.41, 5.74) is 4.45. The van der Waals surface area contributed by atoms with Gasteiger partial charge in [0, 0.05) is 17.5 Å². The van der Waals surface area contributed by atoms with Crippen molar-refractivity contribution >= 4 is 23.6 Å². The van der Waals surface area contributed by atoms with Gasteiger partial charge >= 0.3 is 5.97 Å². The number of rotatable bonds is 7. The van der Waals surface area contributed by atoms with Crippen molar-refractivity contribution in [3.63, 3.8) is 0 Å². The van der Waals surface area contributed by atoms with Crippen LogP contribution in [0.3, 0.4) is 0 Å². The number of carboxylic acids is 1. The van der Waals surface area contributed by atoms with E-state index in [2.05, 4.69) is 5.32 Å². The number of thioether (sulfide) groups is 1. The minimum atomic E-state index is -1.18. The lowest BCUT2D eigenvalue weighted by atomic mass is 10.1. The number of carboxylic acid groups (broad SMARTS) is 1. The van der Waals surface area contributed by atoms with Gasteiger partial charge in [0.1, 0.15) is 5.54 Å². The van der Waals surface area contributed by atoms with Crippen LogP contribution in [0.15, 0.2) is 0 Å². The molecule has 2 atom stereocenters. The monoisotopic (exact) mass is 247 g/mol. The molecule has 0 aliphatic carbocycles. The Bertz CT molecular complexity index is 256. The lowest BCUT2D eigenvalue weighted by Crippen LogP contribution is -2.48. The highest BCUT2D eigenvalue weighted by Crippen LogP contribution is 2.18. The van der Waals surface area contributed by atoms with E-state index < -0.39 is 11.5 Å². The quantitative estimate of drug-likeness (QED) is 0.395. The van der Waals surface area contributed by atoms with Crippen LogP contribution >= 0.6 is 11.8 Å². The second kappa shape index (κ2) is 6.75.